The zero-order valence-electron chi connectivity index (χ0n) is 10.9. The number of hydrogen-bond acceptors (Lipinski definition) is 4. The van der Waals surface area contributed by atoms with E-state index in [-0.39, 0.29) is 16.8 Å². The van der Waals surface area contributed by atoms with Crippen molar-refractivity contribution in [3.05, 3.63) is 20.7 Å². The van der Waals surface area contributed by atoms with Gasteiger partial charge in [-0.3, -0.25) is 9.59 Å². The highest BCUT2D eigenvalue weighted by molar-refractivity contribution is 7.07. The van der Waals surface area contributed by atoms with Gasteiger partial charge in [0.1, 0.15) is 0 Å². The van der Waals surface area contributed by atoms with E-state index >= 15 is 0 Å². The van der Waals surface area contributed by atoms with Crippen LogP contribution in [0.3, 0.4) is 0 Å². The number of unbranched alkanes of at least 4 members (excludes halogenated alkanes) is 2. The maximum atomic E-state index is 11.7. The van der Waals surface area contributed by atoms with Crippen LogP contribution in [-0.2, 0) is 11.3 Å². The molecule has 102 valence electrons. The van der Waals surface area contributed by atoms with Gasteiger partial charge in [-0.25, -0.2) is 0 Å². The van der Waals surface area contributed by atoms with Crippen molar-refractivity contribution in [1.29, 1.82) is 0 Å². The first-order chi connectivity index (χ1) is 8.63. The third-order valence-corrected chi connectivity index (χ3v) is 3.36. The Labute approximate surface area is 111 Å². The summed E-state index contributed by atoms with van der Waals surface area (Å²) in [5.74, 6) is 0.00341. The third kappa shape index (κ3) is 5.46. The first-order valence-electron chi connectivity index (χ1n) is 6.31. The molecule has 0 aliphatic rings. The van der Waals surface area contributed by atoms with Crippen molar-refractivity contribution in [3.8, 4) is 0 Å². The summed E-state index contributed by atoms with van der Waals surface area (Å²) >= 11 is 1.13. The summed E-state index contributed by atoms with van der Waals surface area (Å²) < 4.78 is 0. The predicted molar refractivity (Wildman–Crippen MR) is 73.8 cm³/mol. The number of aromatic nitrogens is 1. The van der Waals surface area contributed by atoms with Gasteiger partial charge < -0.3 is 15.6 Å². The van der Waals surface area contributed by atoms with Gasteiger partial charge in [-0.2, -0.15) is 0 Å². The Morgan fingerprint density at radius 1 is 1.50 bits per heavy atom. The molecular weight excluding hydrogens is 250 g/mol. The molecule has 0 radical (unpaired) electrons. The Hall–Kier alpha value is -1.14. The SMILES string of the molecule is CCCCCNC(=O)C(C)NCc1csc(=O)[nH]1. The van der Waals surface area contributed by atoms with Gasteiger partial charge in [-0.05, 0) is 13.3 Å². The summed E-state index contributed by atoms with van der Waals surface area (Å²) in [7, 11) is 0. The lowest BCUT2D eigenvalue weighted by Crippen LogP contribution is -2.42. The Kier molecular flexibility index (Phi) is 6.67. The quantitative estimate of drug-likeness (QED) is 0.622. The minimum Gasteiger partial charge on any atom is -0.355 e. The molecule has 1 amide bonds. The normalized spacial score (nSPS) is 12.3. The lowest BCUT2D eigenvalue weighted by molar-refractivity contribution is -0.122. The number of hydrogen-bond donors (Lipinski definition) is 3. The number of rotatable bonds is 8. The average Bonchev–Trinajstić information content (AvgIpc) is 2.77. The molecule has 0 bridgehead atoms. The van der Waals surface area contributed by atoms with Gasteiger partial charge in [0.05, 0.1) is 6.04 Å². The molecule has 0 spiro atoms. The standard InChI is InChI=1S/C12H21N3O2S/c1-3-4-5-6-13-11(16)9(2)14-7-10-8-18-12(17)15-10/h8-9,14H,3-7H2,1-2H3,(H,13,16)(H,15,17). The summed E-state index contributed by atoms with van der Waals surface area (Å²) in [5.41, 5.74) is 0.815. The second-order valence-electron chi connectivity index (χ2n) is 4.27. The van der Waals surface area contributed by atoms with Crippen LogP contribution in [0.15, 0.2) is 10.2 Å². The number of nitrogens with one attached hydrogen (secondary N) is 3. The molecule has 5 nitrogen and oxygen atoms in total. The van der Waals surface area contributed by atoms with Crippen LogP contribution in [-0.4, -0.2) is 23.5 Å². The van der Waals surface area contributed by atoms with Crippen molar-refractivity contribution in [1.82, 2.24) is 15.6 Å². The molecule has 0 fully saturated rings. The molecular formula is C12H21N3O2S. The van der Waals surface area contributed by atoms with Crippen molar-refractivity contribution in [2.75, 3.05) is 6.54 Å². The number of aromatic amines is 1. The summed E-state index contributed by atoms with van der Waals surface area (Å²) in [6.45, 7) is 5.18. The predicted octanol–water partition coefficient (Wildman–Crippen LogP) is 1.22. The minimum atomic E-state index is -0.255. The number of amides is 1. The largest absolute Gasteiger partial charge is 0.355 e. The molecule has 1 atom stereocenters. The highest BCUT2D eigenvalue weighted by Crippen LogP contribution is 1.96. The fourth-order valence-electron chi connectivity index (χ4n) is 1.50. The highest BCUT2D eigenvalue weighted by atomic mass is 32.1. The van der Waals surface area contributed by atoms with E-state index < -0.39 is 0 Å². The summed E-state index contributed by atoms with van der Waals surface area (Å²) in [5, 5.41) is 7.73. The smallest absolute Gasteiger partial charge is 0.304 e. The maximum Gasteiger partial charge on any atom is 0.304 e. The Bertz CT molecular complexity index is 413. The summed E-state index contributed by atoms with van der Waals surface area (Å²) in [6, 6.07) is -0.255. The van der Waals surface area contributed by atoms with Crippen molar-refractivity contribution in [2.24, 2.45) is 0 Å². The van der Waals surface area contributed by atoms with E-state index in [0.29, 0.717) is 6.54 Å². The second kappa shape index (κ2) is 8.05. The van der Waals surface area contributed by atoms with Gasteiger partial charge in [0.15, 0.2) is 0 Å². The summed E-state index contributed by atoms with van der Waals surface area (Å²) in [6.07, 6.45) is 3.31. The second-order valence-corrected chi connectivity index (χ2v) is 5.12. The van der Waals surface area contributed by atoms with Gasteiger partial charge in [0.25, 0.3) is 0 Å². The van der Waals surface area contributed by atoms with E-state index in [1.165, 1.54) is 0 Å². The van der Waals surface area contributed by atoms with Crippen LogP contribution in [0.4, 0.5) is 0 Å². The number of carbonyl (C=O) groups is 1. The molecule has 3 N–H and O–H groups in total. The van der Waals surface area contributed by atoms with E-state index in [2.05, 4.69) is 22.5 Å². The topological polar surface area (TPSA) is 74.0 Å². The van der Waals surface area contributed by atoms with Crippen LogP contribution in [0.25, 0.3) is 0 Å². The fourth-order valence-corrected chi connectivity index (χ4v) is 2.08. The average molecular weight is 271 g/mol. The van der Waals surface area contributed by atoms with Crippen LogP contribution >= 0.6 is 11.3 Å². The van der Waals surface area contributed by atoms with E-state index in [4.69, 9.17) is 0 Å². The van der Waals surface area contributed by atoms with Gasteiger partial charge >= 0.3 is 4.87 Å². The fraction of sp³-hybridized carbons (Fsp3) is 0.667. The van der Waals surface area contributed by atoms with Crippen LogP contribution in [0.1, 0.15) is 38.8 Å². The van der Waals surface area contributed by atoms with E-state index in [9.17, 15) is 9.59 Å². The third-order valence-electron chi connectivity index (χ3n) is 2.64. The molecule has 1 aromatic heterocycles. The van der Waals surface area contributed by atoms with E-state index in [1.807, 2.05) is 6.92 Å². The molecule has 1 unspecified atom stereocenters. The first-order valence-corrected chi connectivity index (χ1v) is 7.19. The van der Waals surface area contributed by atoms with Crippen LogP contribution < -0.4 is 15.5 Å². The monoisotopic (exact) mass is 271 g/mol. The molecule has 0 saturated carbocycles. The molecule has 0 aromatic carbocycles. The zero-order valence-corrected chi connectivity index (χ0v) is 11.7. The van der Waals surface area contributed by atoms with Gasteiger partial charge in [-0.1, -0.05) is 31.1 Å². The number of thiazole rings is 1. The Morgan fingerprint density at radius 3 is 2.89 bits per heavy atom. The van der Waals surface area contributed by atoms with Crippen molar-refractivity contribution in [2.45, 2.75) is 45.7 Å². The van der Waals surface area contributed by atoms with E-state index in [0.717, 1.165) is 42.8 Å². The number of H-pyrrole nitrogens is 1. The first kappa shape index (κ1) is 14.9. The molecule has 1 heterocycles. The minimum absolute atomic E-state index is 0.00341. The lowest BCUT2D eigenvalue weighted by Gasteiger charge is -2.13. The zero-order chi connectivity index (χ0) is 13.4. The summed E-state index contributed by atoms with van der Waals surface area (Å²) in [4.78, 5) is 25.3. The van der Waals surface area contributed by atoms with Crippen LogP contribution in [0.5, 0.6) is 0 Å². The molecule has 0 aliphatic heterocycles. The lowest BCUT2D eigenvalue weighted by atomic mass is 10.2. The van der Waals surface area contributed by atoms with Gasteiger partial charge in [0.2, 0.25) is 5.91 Å². The Balaban J connectivity index is 2.21. The van der Waals surface area contributed by atoms with Crippen molar-refractivity contribution < 1.29 is 4.79 Å². The molecule has 1 rings (SSSR count). The molecule has 18 heavy (non-hydrogen) atoms. The van der Waals surface area contributed by atoms with Crippen molar-refractivity contribution >= 4 is 17.2 Å². The molecule has 0 saturated heterocycles. The van der Waals surface area contributed by atoms with E-state index in [1.54, 1.807) is 5.38 Å². The van der Waals surface area contributed by atoms with Crippen LogP contribution in [0.2, 0.25) is 0 Å². The maximum absolute atomic E-state index is 11.7. The Morgan fingerprint density at radius 2 is 2.28 bits per heavy atom. The number of carbonyl (C=O) groups excluding carboxylic acids is 1. The van der Waals surface area contributed by atoms with Gasteiger partial charge in [-0.15, -0.1) is 0 Å². The van der Waals surface area contributed by atoms with Crippen molar-refractivity contribution in [3.63, 3.8) is 0 Å². The van der Waals surface area contributed by atoms with Crippen LogP contribution in [0, 0.1) is 0 Å². The highest BCUT2D eigenvalue weighted by Gasteiger charge is 2.11. The molecule has 6 heteroatoms. The van der Waals surface area contributed by atoms with Gasteiger partial charge in [0, 0.05) is 24.2 Å². The molecule has 1 aromatic rings. The molecule has 0 aliphatic carbocycles.